The van der Waals surface area contributed by atoms with E-state index in [1.807, 2.05) is 0 Å². The van der Waals surface area contributed by atoms with Gasteiger partial charge < -0.3 is 9.47 Å². The number of hydrogen-bond donors (Lipinski definition) is 0. The number of carbonyl (C=O) groups excluding carboxylic acids is 1. The predicted octanol–water partition coefficient (Wildman–Crippen LogP) is 1.78. The van der Waals surface area contributed by atoms with Crippen LogP contribution in [0.5, 0.6) is 0 Å². The van der Waals surface area contributed by atoms with E-state index in [2.05, 4.69) is 13.5 Å². The van der Waals surface area contributed by atoms with E-state index in [0.717, 1.165) is 13.0 Å². The Morgan fingerprint density at radius 1 is 1.44 bits per heavy atom. The van der Waals surface area contributed by atoms with Crippen LogP contribution in [0.2, 0.25) is 0 Å². The second-order valence-corrected chi connectivity index (χ2v) is 5.35. The molecule has 3 aliphatic rings. The zero-order chi connectivity index (χ0) is 11.3. The summed E-state index contributed by atoms with van der Waals surface area (Å²) in [6.45, 7) is 6.48. The van der Waals surface area contributed by atoms with E-state index in [0.29, 0.717) is 29.8 Å². The monoisotopic (exact) mass is 222 g/mol. The molecule has 0 N–H and O–H groups in total. The van der Waals surface area contributed by atoms with Crippen LogP contribution in [0.3, 0.4) is 0 Å². The first-order valence-corrected chi connectivity index (χ1v) is 6.15. The highest BCUT2D eigenvalue weighted by Crippen LogP contribution is 2.57. The van der Waals surface area contributed by atoms with E-state index >= 15 is 0 Å². The summed E-state index contributed by atoms with van der Waals surface area (Å²) < 4.78 is 11.1. The molecule has 0 radical (unpaired) electrons. The molecule has 0 aromatic heterocycles. The molecule has 1 saturated heterocycles. The van der Waals surface area contributed by atoms with Crippen LogP contribution in [0.15, 0.2) is 12.7 Å². The molecule has 0 aromatic carbocycles. The Labute approximate surface area is 95.8 Å². The first-order valence-electron chi connectivity index (χ1n) is 6.15. The van der Waals surface area contributed by atoms with E-state index < -0.39 is 0 Å². The summed E-state index contributed by atoms with van der Waals surface area (Å²) in [7, 11) is 0. The van der Waals surface area contributed by atoms with Crippen molar-refractivity contribution in [3.05, 3.63) is 12.7 Å². The van der Waals surface area contributed by atoms with Crippen molar-refractivity contribution in [2.75, 3.05) is 6.61 Å². The molecule has 0 spiro atoms. The number of esters is 1. The average molecular weight is 222 g/mol. The second kappa shape index (κ2) is 3.59. The highest BCUT2D eigenvalue weighted by Gasteiger charge is 2.58. The lowest BCUT2D eigenvalue weighted by atomic mass is 9.77. The Bertz CT molecular complexity index is 325. The van der Waals surface area contributed by atoms with Crippen molar-refractivity contribution < 1.29 is 14.3 Å². The molecule has 6 atom stereocenters. The van der Waals surface area contributed by atoms with E-state index in [-0.39, 0.29) is 12.1 Å². The third-order valence-corrected chi connectivity index (χ3v) is 4.70. The molecular weight excluding hydrogens is 204 g/mol. The standard InChI is InChI=1S/C13H18O3/c1-3-12(14)16-11-5-8-4-9(11)10-6-15-7(2)13(8)10/h3,7-11,13H,1,4-6H2,2H3. The number of rotatable bonds is 2. The summed E-state index contributed by atoms with van der Waals surface area (Å²) >= 11 is 0. The Morgan fingerprint density at radius 3 is 3.00 bits per heavy atom. The predicted molar refractivity (Wildman–Crippen MR) is 58.7 cm³/mol. The lowest BCUT2D eigenvalue weighted by molar-refractivity contribution is -0.146. The van der Waals surface area contributed by atoms with Gasteiger partial charge >= 0.3 is 5.97 Å². The molecule has 2 saturated carbocycles. The van der Waals surface area contributed by atoms with Crippen LogP contribution in [0, 0.1) is 23.7 Å². The number of ether oxygens (including phenoxy) is 2. The van der Waals surface area contributed by atoms with Gasteiger partial charge in [0.2, 0.25) is 0 Å². The Balaban J connectivity index is 1.71. The van der Waals surface area contributed by atoms with Gasteiger partial charge in [-0.2, -0.15) is 0 Å². The average Bonchev–Trinajstić information content (AvgIpc) is 2.91. The maximum Gasteiger partial charge on any atom is 0.330 e. The van der Waals surface area contributed by atoms with E-state index in [9.17, 15) is 4.79 Å². The van der Waals surface area contributed by atoms with Crippen molar-refractivity contribution in [2.45, 2.75) is 32.0 Å². The normalized spacial score (nSPS) is 49.1. The smallest absolute Gasteiger partial charge is 0.330 e. The van der Waals surface area contributed by atoms with Crippen molar-refractivity contribution in [1.82, 2.24) is 0 Å². The Kier molecular flexibility index (Phi) is 2.32. The quantitative estimate of drug-likeness (QED) is 0.527. The van der Waals surface area contributed by atoms with Crippen LogP contribution in [0.25, 0.3) is 0 Å². The van der Waals surface area contributed by atoms with Crippen LogP contribution in [-0.2, 0) is 14.3 Å². The number of hydrogen-bond acceptors (Lipinski definition) is 3. The summed E-state index contributed by atoms with van der Waals surface area (Å²) in [4.78, 5) is 11.2. The molecule has 1 aliphatic heterocycles. The van der Waals surface area contributed by atoms with Crippen molar-refractivity contribution in [2.24, 2.45) is 23.7 Å². The van der Waals surface area contributed by atoms with Gasteiger partial charge in [-0.25, -0.2) is 4.79 Å². The van der Waals surface area contributed by atoms with Crippen molar-refractivity contribution >= 4 is 5.97 Å². The second-order valence-electron chi connectivity index (χ2n) is 5.35. The molecule has 1 heterocycles. The Hall–Kier alpha value is -0.830. The largest absolute Gasteiger partial charge is 0.459 e. The molecule has 2 bridgehead atoms. The third kappa shape index (κ3) is 1.34. The lowest BCUT2D eigenvalue weighted by Crippen LogP contribution is -2.34. The number of carbonyl (C=O) groups is 1. The summed E-state index contributed by atoms with van der Waals surface area (Å²) in [5.41, 5.74) is 0. The maximum atomic E-state index is 11.2. The summed E-state index contributed by atoms with van der Waals surface area (Å²) in [6.07, 6.45) is 4.02. The molecule has 3 nitrogen and oxygen atoms in total. The summed E-state index contributed by atoms with van der Waals surface area (Å²) in [5, 5.41) is 0. The zero-order valence-corrected chi connectivity index (χ0v) is 9.59. The van der Waals surface area contributed by atoms with Crippen molar-refractivity contribution in [3.8, 4) is 0 Å². The van der Waals surface area contributed by atoms with Crippen LogP contribution in [0.1, 0.15) is 19.8 Å². The van der Waals surface area contributed by atoms with Crippen LogP contribution in [0.4, 0.5) is 0 Å². The highest BCUT2D eigenvalue weighted by atomic mass is 16.5. The van der Waals surface area contributed by atoms with Gasteiger partial charge in [0.1, 0.15) is 6.10 Å². The molecule has 3 rings (SSSR count). The van der Waals surface area contributed by atoms with E-state index in [1.165, 1.54) is 12.5 Å². The van der Waals surface area contributed by atoms with Gasteiger partial charge in [0.05, 0.1) is 12.7 Å². The molecule has 3 heteroatoms. The topological polar surface area (TPSA) is 35.5 Å². The van der Waals surface area contributed by atoms with E-state index in [1.54, 1.807) is 0 Å². The molecule has 0 aromatic rings. The molecule has 88 valence electrons. The van der Waals surface area contributed by atoms with Gasteiger partial charge in [-0.3, -0.25) is 0 Å². The SMILES string of the molecule is C=CC(=O)OC1CC2CC1C1COC(C)C21. The van der Waals surface area contributed by atoms with Crippen molar-refractivity contribution in [1.29, 1.82) is 0 Å². The minimum Gasteiger partial charge on any atom is -0.459 e. The van der Waals surface area contributed by atoms with Gasteiger partial charge in [-0.1, -0.05) is 6.58 Å². The summed E-state index contributed by atoms with van der Waals surface area (Å²) in [5.74, 6) is 2.29. The third-order valence-electron chi connectivity index (χ3n) is 4.70. The molecule has 6 unspecified atom stereocenters. The minimum absolute atomic E-state index is 0.116. The lowest BCUT2D eigenvalue weighted by Gasteiger charge is -2.30. The summed E-state index contributed by atoms with van der Waals surface area (Å²) in [6, 6.07) is 0. The van der Waals surface area contributed by atoms with Gasteiger partial charge in [-0.15, -0.1) is 0 Å². The minimum atomic E-state index is -0.277. The molecule has 2 aliphatic carbocycles. The van der Waals surface area contributed by atoms with Gasteiger partial charge in [0.25, 0.3) is 0 Å². The molecule has 3 fully saturated rings. The van der Waals surface area contributed by atoms with Crippen LogP contribution >= 0.6 is 0 Å². The molecule has 0 amide bonds. The fourth-order valence-corrected chi connectivity index (χ4v) is 4.14. The van der Waals surface area contributed by atoms with Crippen LogP contribution in [-0.4, -0.2) is 24.8 Å². The number of fused-ring (bicyclic) bond motifs is 5. The van der Waals surface area contributed by atoms with Gasteiger partial charge in [0.15, 0.2) is 0 Å². The zero-order valence-electron chi connectivity index (χ0n) is 9.59. The first kappa shape index (κ1) is 10.3. The van der Waals surface area contributed by atoms with Crippen LogP contribution < -0.4 is 0 Å². The Morgan fingerprint density at radius 2 is 2.25 bits per heavy atom. The highest BCUT2D eigenvalue weighted by molar-refractivity contribution is 5.81. The van der Waals surface area contributed by atoms with Gasteiger partial charge in [-0.05, 0) is 37.5 Å². The fraction of sp³-hybridized carbons (Fsp3) is 0.769. The van der Waals surface area contributed by atoms with Gasteiger partial charge in [0, 0.05) is 12.0 Å². The van der Waals surface area contributed by atoms with Crippen molar-refractivity contribution in [3.63, 3.8) is 0 Å². The van der Waals surface area contributed by atoms with E-state index in [4.69, 9.17) is 9.47 Å². The first-order chi connectivity index (χ1) is 7.70. The molecular formula is C13H18O3. The fourth-order valence-electron chi connectivity index (χ4n) is 4.14. The maximum absolute atomic E-state index is 11.2. The molecule has 16 heavy (non-hydrogen) atoms.